The number of H-pyrrole nitrogens is 1. The number of benzene rings is 1. The third-order valence-electron chi connectivity index (χ3n) is 5.90. The van der Waals surface area contributed by atoms with Gasteiger partial charge in [-0.05, 0) is 30.3 Å². The Labute approximate surface area is 174 Å². The van der Waals surface area contributed by atoms with Crippen LogP contribution < -0.4 is 21.3 Å². The van der Waals surface area contributed by atoms with Gasteiger partial charge in [0, 0.05) is 67.2 Å². The normalized spacial score (nSPS) is 17.1. The lowest BCUT2D eigenvalue weighted by atomic mass is 10.0. The average molecular weight is 406 g/mol. The van der Waals surface area contributed by atoms with Crippen molar-refractivity contribution >= 4 is 28.3 Å². The molecule has 3 aromatic rings. The predicted octanol–water partition coefficient (Wildman–Crippen LogP) is 1.80. The topological polar surface area (TPSA) is 108 Å². The fraction of sp³-hybridized carbons (Fsp3) is 0.364. The lowest BCUT2D eigenvalue weighted by molar-refractivity contribution is 0.100. The van der Waals surface area contributed by atoms with Gasteiger partial charge < -0.3 is 31.0 Å². The zero-order valence-corrected chi connectivity index (χ0v) is 16.8. The Morgan fingerprint density at radius 3 is 2.73 bits per heavy atom. The van der Waals surface area contributed by atoms with Gasteiger partial charge in [-0.25, -0.2) is 4.98 Å². The molecule has 2 fully saturated rings. The molecular weight excluding hydrogens is 380 g/mol. The highest BCUT2D eigenvalue weighted by molar-refractivity contribution is 6.09. The summed E-state index contributed by atoms with van der Waals surface area (Å²) in [7, 11) is 0. The van der Waals surface area contributed by atoms with Gasteiger partial charge in [0.1, 0.15) is 5.82 Å². The van der Waals surface area contributed by atoms with Crippen molar-refractivity contribution in [3.05, 3.63) is 42.1 Å². The Balaban J connectivity index is 1.46. The molecule has 0 spiro atoms. The Bertz CT molecular complexity index is 1050. The van der Waals surface area contributed by atoms with Gasteiger partial charge in [-0.1, -0.05) is 0 Å². The second-order valence-electron chi connectivity index (χ2n) is 7.91. The van der Waals surface area contributed by atoms with Crippen LogP contribution in [0.15, 0.2) is 36.5 Å². The highest BCUT2D eigenvalue weighted by Crippen LogP contribution is 2.32. The van der Waals surface area contributed by atoms with E-state index in [4.69, 9.17) is 10.5 Å². The van der Waals surface area contributed by atoms with E-state index in [0.29, 0.717) is 11.5 Å². The zero-order chi connectivity index (χ0) is 20.5. The van der Waals surface area contributed by atoms with E-state index in [0.717, 1.165) is 79.6 Å². The molecule has 156 valence electrons. The summed E-state index contributed by atoms with van der Waals surface area (Å²) in [5.74, 6) is 1.14. The van der Waals surface area contributed by atoms with Gasteiger partial charge >= 0.3 is 0 Å². The first-order valence-corrected chi connectivity index (χ1v) is 10.4. The number of pyridine rings is 1. The van der Waals surface area contributed by atoms with E-state index in [9.17, 15) is 4.79 Å². The molecule has 5 N–H and O–H groups in total. The summed E-state index contributed by atoms with van der Waals surface area (Å²) < 4.78 is 5.41. The van der Waals surface area contributed by atoms with Crippen LogP contribution in [-0.2, 0) is 4.74 Å². The van der Waals surface area contributed by atoms with Gasteiger partial charge in [-0.3, -0.25) is 4.79 Å². The van der Waals surface area contributed by atoms with E-state index >= 15 is 0 Å². The van der Waals surface area contributed by atoms with Crippen LogP contribution in [0.5, 0.6) is 0 Å². The molecule has 2 saturated heterocycles. The molecule has 2 aromatic heterocycles. The predicted molar refractivity (Wildman–Crippen MR) is 118 cm³/mol. The number of amides is 1. The largest absolute Gasteiger partial charge is 0.384 e. The number of rotatable bonds is 6. The minimum absolute atomic E-state index is 0.441. The minimum Gasteiger partial charge on any atom is -0.384 e. The lowest BCUT2D eigenvalue weighted by Gasteiger charge is -2.27. The molecule has 1 aromatic carbocycles. The number of nitrogens with two attached hydrogens (primary N) is 1. The second kappa shape index (κ2) is 7.97. The maximum atomic E-state index is 12.0. The number of ether oxygens (including phenoxy) is 1. The Morgan fingerprint density at radius 1 is 1.23 bits per heavy atom. The fourth-order valence-electron chi connectivity index (χ4n) is 4.01. The molecule has 0 radical (unpaired) electrons. The maximum Gasteiger partial charge on any atom is 0.250 e. The molecular formula is C22H26N6O2. The number of hydrogen-bond acceptors (Lipinski definition) is 6. The van der Waals surface area contributed by atoms with Gasteiger partial charge in [0.15, 0.2) is 0 Å². The SMILES string of the molecule is NC(=O)c1ccc(NCC2CNC2)c2cc(-c3ccc(N4CCOCC4)nc3)[nH]c12. The third kappa shape index (κ3) is 3.59. The molecule has 5 rings (SSSR count). The average Bonchev–Trinajstić information content (AvgIpc) is 3.19. The summed E-state index contributed by atoms with van der Waals surface area (Å²) in [5.41, 5.74) is 9.74. The molecule has 1 amide bonds. The van der Waals surface area contributed by atoms with Crippen LogP contribution in [0.2, 0.25) is 0 Å². The van der Waals surface area contributed by atoms with E-state index in [1.54, 1.807) is 6.07 Å². The van der Waals surface area contributed by atoms with Crippen molar-refractivity contribution in [1.29, 1.82) is 0 Å². The van der Waals surface area contributed by atoms with Crippen LogP contribution >= 0.6 is 0 Å². The lowest BCUT2D eigenvalue weighted by Crippen LogP contribution is -2.45. The number of fused-ring (bicyclic) bond motifs is 1. The fourth-order valence-corrected chi connectivity index (χ4v) is 4.01. The summed E-state index contributed by atoms with van der Waals surface area (Å²) >= 11 is 0. The van der Waals surface area contributed by atoms with Crippen LogP contribution in [0.25, 0.3) is 22.2 Å². The highest BCUT2D eigenvalue weighted by atomic mass is 16.5. The molecule has 30 heavy (non-hydrogen) atoms. The highest BCUT2D eigenvalue weighted by Gasteiger charge is 2.19. The van der Waals surface area contributed by atoms with Crippen molar-refractivity contribution < 1.29 is 9.53 Å². The van der Waals surface area contributed by atoms with Crippen LogP contribution in [-0.4, -0.2) is 61.8 Å². The first-order valence-electron chi connectivity index (χ1n) is 10.4. The molecule has 8 heteroatoms. The Kier molecular flexibility index (Phi) is 5.02. The number of morpholine rings is 1. The number of carbonyl (C=O) groups excluding carboxylic acids is 1. The smallest absolute Gasteiger partial charge is 0.250 e. The molecule has 0 saturated carbocycles. The molecule has 4 heterocycles. The van der Waals surface area contributed by atoms with Gasteiger partial charge in [-0.15, -0.1) is 0 Å². The molecule has 0 aliphatic carbocycles. The van der Waals surface area contributed by atoms with Crippen LogP contribution in [0.4, 0.5) is 11.5 Å². The van der Waals surface area contributed by atoms with Crippen molar-refractivity contribution in [3.63, 3.8) is 0 Å². The van der Waals surface area contributed by atoms with Crippen LogP contribution in [0.1, 0.15) is 10.4 Å². The Hall–Kier alpha value is -3.10. The van der Waals surface area contributed by atoms with E-state index < -0.39 is 5.91 Å². The number of nitrogens with one attached hydrogen (secondary N) is 3. The molecule has 2 aliphatic heterocycles. The van der Waals surface area contributed by atoms with Crippen molar-refractivity contribution in [2.45, 2.75) is 0 Å². The van der Waals surface area contributed by atoms with Crippen LogP contribution in [0, 0.1) is 5.92 Å². The van der Waals surface area contributed by atoms with Crippen LogP contribution in [0.3, 0.4) is 0 Å². The van der Waals surface area contributed by atoms with Crippen molar-refractivity contribution in [1.82, 2.24) is 15.3 Å². The summed E-state index contributed by atoms with van der Waals surface area (Å²) in [4.78, 5) is 22.2. The summed E-state index contributed by atoms with van der Waals surface area (Å²) in [5, 5.41) is 7.78. The number of carbonyl (C=O) groups is 1. The monoisotopic (exact) mass is 406 g/mol. The zero-order valence-electron chi connectivity index (χ0n) is 16.8. The van der Waals surface area contributed by atoms with Crippen molar-refractivity contribution in [2.24, 2.45) is 11.7 Å². The van der Waals surface area contributed by atoms with E-state index in [1.807, 2.05) is 18.3 Å². The molecule has 0 atom stereocenters. The molecule has 0 bridgehead atoms. The number of hydrogen-bond donors (Lipinski definition) is 4. The quantitative estimate of drug-likeness (QED) is 0.497. The molecule has 2 aliphatic rings. The standard InChI is InChI=1S/C22H26N6O2/c23-22(29)16-2-3-18(25-12-14-10-24-11-14)17-9-19(27-21(16)17)15-1-4-20(26-13-15)28-5-7-30-8-6-28/h1-4,9,13-14,24-25,27H,5-8,10-12H2,(H2,23,29). The van der Waals surface area contributed by atoms with Gasteiger partial charge in [0.2, 0.25) is 0 Å². The number of aromatic nitrogens is 2. The number of primary amides is 1. The van der Waals surface area contributed by atoms with Gasteiger partial charge in [0.25, 0.3) is 5.91 Å². The Morgan fingerprint density at radius 2 is 2.07 bits per heavy atom. The van der Waals surface area contributed by atoms with Crippen molar-refractivity contribution in [2.75, 3.05) is 56.2 Å². The minimum atomic E-state index is -0.441. The number of aromatic amines is 1. The van der Waals surface area contributed by atoms with E-state index in [1.165, 1.54) is 0 Å². The summed E-state index contributed by atoms with van der Waals surface area (Å²) in [6.45, 7) is 6.14. The van der Waals surface area contributed by atoms with E-state index in [2.05, 4.69) is 37.6 Å². The van der Waals surface area contributed by atoms with Gasteiger partial charge in [0.05, 0.1) is 24.3 Å². The first-order chi connectivity index (χ1) is 14.7. The van der Waals surface area contributed by atoms with E-state index in [-0.39, 0.29) is 0 Å². The summed E-state index contributed by atoms with van der Waals surface area (Å²) in [6, 6.07) is 9.87. The van der Waals surface area contributed by atoms with Gasteiger partial charge in [-0.2, -0.15) is 0 Å². The first kappa shape index (κ1) is 18.9. The molecule has 8 nitrogen and oxygen atoms in total. The van der Waals surface area contributed by atoms with Crippen molar-refractivity contribution in [3.8, 4) is 11.3 Å². The summed E-state index contributed by atoms with van der Waals surface area (Å²) in [6.07, 6.45) is 1.87. The third-order valence-corrected chi connectivity index (χ3v) is 5.90. The number of nitrogens with zero attached hydrogens (tertiary/aromatic N) is 2. The maximum absolute atomic E-state index is 12.0. The number of anilines is 2. The second-order valence-corrected chi connectivity index (χ2v) is 7.91. The molecule has 0 unspecified atom stereocenters.